The third-order valence-electron chi connectivity index (χ3n) is 3.96. The minimum absolute atomic E-state index is 0.0407. The van der Waals surface area contributed by atoms with Gasteiger partial charge in [-0.1, -0.05) is 19.1 Å². The van der Waals surface area contributed by atoms with E-state index in [9.17, 15) is 4.79 Å². The van der Waals surface area contributed by atoms with Crippen LogP contribution in [0.4, 0.5) is 5.69 Å². The zero-order chi connectivity index (χ0) is 19.6. The largest absolute Gasteiger partial charge is 0.444 e. The molecule has 0 aliphatic heterocycles. The van der Waals surface area contributed by atoms with Crippen molar-refractivity contribution in [2.24, 2.45) is 4.99 Å². The predicted octanol–water partition coefficient (Wildman–Crippen LogP) is 3.29. The van der Waals surface area contributed by atoms with Crippen LogP contribution in [0.2, 0.25) is 0 Å². The molecule has 0 spiro atoms. The highest BCUT2D eigenvalue weighted by molar-refractivity contribution is 5.90. The Morgan fingerprint density at radius 2 is 1.89 bits per heavy atom. The Morgan fingerprint density at radius 1 is 1.15 bits per heavy atom. The molecule has 1 amide bonds. The Labute approximate surface area is 160 Å². The van der Waals surface area contributed by atoms with E-state index in [-0.39, 0.29) is 5.91 Å². The van der Waals surface area contributed by atoms with Gasteiger partial charge in [0.25, 0.3) is 0 Å². The summed E-state index contributed by atoms with van der Waals surface area (Å²) in [6.07, 6.45) is 1.37. The standard InChI is InChI=1S/C20H29N5O2/c1-5-7-18(26)25-17-10-8-16(9-11-17)12-22-20(21-6-2)23-13-19-24-14(3)15(4)27-19/h8-11H,5-7,12-13H2,1-4H3,(H,25,26)(H2,21,22,23). The molecule has 3 N–H and O–H groups in total. The summed E-state index contributed by atoms with van der Waals surface area (Å²) >= 11 is 0. The van der Waals surface area contributed by atoms with Gasteiger partial charge in [0.1, 0.15) is 5.76 Å². The molecule has 0 atom stereocenters. The summed E-state index contributed by atoms with van der Waals surface area (Å²) in [6.45, 7) is 9.60. The first-order valence-corrected chi connectivity index (χ1v) is 9.35. The summed E-state index contributed by atoms with van der Waals surface area (Å²) in [5.74, 6) is 2.22. The zero-order valence-electron chi connectivity index (χ0n) is 16.6. The molecule has 2 rings (SSSR count). The molecule has 0 unspecified atom stereocenters. The smallest absolute Gasteiger partial charge is 0.224 e. The number of amides is 1. The average molecular weight is 371 g/mol. The van der Waals surface area contributed by atoms with Gasteiger partial charge in [0, 0.05) is 18.7 Å². The van der Waals surface area contributed by atoms with Crippen LogP contribution in [0.5, 0.6) is 0 Å². The SMILES string of the molecule is CCCC(=O)Nc1ccc(CN=C(NCC)NCc2nc(C)c(C)o2)cc1. The fraction of sp³-hybridized carbons (Fsp3) is 0.450. The highest BCUT2D eigenvalue weighted by atomic mass is 16.4. The number of carbonyl (C=O) groups excluding carboxylic acids is 1. The van der Waals surface area contributed by atoms with Gasteiger partial charge in [-0.25, -0.2) is 9.98 Å². The van der Waals surface area contributed by atoms with Crippen molar-refractivity contribution in [3.63, 3.8) is 0 Å². The zero-order valence-corrected chi connectivity index (χ0v) is 16.6. The van der Waals surface area contributed by atoms with E-state index in [4.69, 9.17) is 4.42 Å². The molecule has 0 fully saturated rings. The van der Waals surface area contributed by atoms with Crippen LogP contribution >= 0.6 is 0 Å². The van der Waals surface area contributed by atoms with Crippen molar-refractivity contribution < 1.29 is 9.21 Å². The summed E-state index contributed by atoms with van der Waals surface area (Å²) in [5.41, 5.74) is 2.77. The second-order valence-electron chi connectivity index (χ2n) is 6.29. The summed E-state index contributed by atoms with van der Waals surface area (Å²) < 4.78 is 5.58. The number of aryl methyl sites for hydroxylation is 2. The fourth-order valence-electron chi connectivity index (χ4n) is 2.43. The van der Waals surface area contributed by atoms with E-state index in [1.54, 1.807) is 0 Å². The number of nitrogens with one attached hydrogen (secondary N) is 3. The van der Waals surface area contributed by atoms with Gasteiger partial charge in [-0.05, 0) is 44.9 Å². The van der Waals surface area contributed by atoms with Gasteiger partial charge < -0.3 is 20.4 Å². The molecule has 0 aliphatic rings. The second-order valence-corrected chi connectivity index (χ2v) is 6.29. The highest BCUT2D eigenvalue weighted by Crippen LogP contribution is 2.11. The Kier molecular flexibility index (Phi) is 7.85. The van der Waals surface area contributed by atoms with E-state index < -0.39 is 0 Å². The fourth-order valence-corrected chi connectivity index (χ4v) is 2.43. The van der Waals surface area contributed by atoms with Gasteiger partial charge in [0.15, 0.2) is 5.96 Å². The lowest BCUT2D eigenvalue weighted by atomic mass is 10.2. The van der Waals surface area contributed by atoms with Gasteiger partial charge in [-0.2, -0.15) is 0 Å². The summed E-state index contributed by atoms with van der Waals surface area (Å²) in [4.78, 5) is 20.6. The number of aromatic nitrogens is 1. The molecule has 1 aromatic carbocycles. The van der Waals surface area contributed by atoms with Crippen molar-refractivity contribution in [2.75, 3.05) is 11.9 Å². The number of hydrogen-bond acceptors (Lipinski definition) is 4. The number of nitrogens with zero attached hydrogens (tertiary/aromatic N) is 2. The van der Waals surface area contributed by atoms with Crippen molar-refractivity contribution in [1.29, 1.82) is 0 Å². The van der Waals surface area contributed by atoms with Crippen LogP contribution in [0.25, 0.3) is 0 Å². The molecular formula is C20H29N5O2. The summed E-state index contributed by atoms with van der Waals surface area (Å²) in [6, 6.07) is 7.74. The van der Waals surface area contributed by atoms with Gasteiger partial charge in [-0.15, -0.1) is 0 Å². The lowest BCUT2D eigenvalue weighted by Crippen LogP contribution is -2.36. The molecule has 0 aliphatic carbocycles. The molecule has 0 saturated heterocycles. The van der Waals surface area contributed by atoms with Crippen molar-refractivity contribution in [3.8, 4) is 0 Å². The van der Waals surface area contributed by atoms with E-state index in [0.29, 0.717) is 31.4 Å². The van der Waals surface area contributed by atoms with E-state index in [0.717, 1.165) is 35.7 Å². The monoisotopic (exact) mass is 371 g/mol. The van der Waals surface area contributed by atoms with Crippen LogP contribution < -0.4 is 16.0 Å². The van der Waals surface area contributed by atoms with Crippen molar-refractivity contribution >= 4 is 17.6 Å². The predicted molar refractivity (Wildman–Crippen MR) is 108 cm³/mol. The maximum atomic E-state index is 11.6. The Morgan fingerprint density at radius 3 is 2.48 bits per heavy atom. The first kappa shape index (κ1) is 20.5. The van der Waals surface area contributed by atoms with E-state index in [1.165, 1.54) is 0 Å². The van der Waals surface area contributed by atoms with Crippen LogP contribution in [0.1, 0.15) is 49.6 Å². The van der Waals surface area contributed by atoms with E-state index >= 15 is 0 Å². The van der Waals surface area contributed by atoms with E-state index in [1.807, 2.05) is 52.0 Å². The molecule has 7 heteroatoms. The van der Waals surface area contributed by atoms with Crippen LogP contribution in [0.3, 0.4) is 0 Å². The maximum absolute atomic E-state index is 11.6. The molecule has 27 heavy (non-hydrogen) atoms. The molecule has 146 valence electrons. The van der Waals surface area contributed by atoms with Gasteiger partial charge in [0.2, 0.25) is 11.8 Å². The van der Waals surface area contributed by atoms with Crippen molar-refractivity contribution in [3.05, 3.63) is 47.2 Å². The number of benzene rings is 1. The minimum Gasteiger partial charge on any atom is -0.444 e. The van der Waals surface area contributed by atoms with Gasteiger partial charge in [-0.3, -0.25) is 4.79 Å². The molecule has 2 aromatic rings. The molecule has 0 saturated carbocycles. The van der Waals surface area contributed by atoms with Crippen LogP contribution in [0.15, 0.2) is 33.7 Å². The summed E-state index contributed by atoms with van der Waals surface area (Å²) in [5, 5.41) is 9.32. The van der Waals surface area contributed by atoms with Crippen molar-refractivity contribution in [2.45, 2.75) is 53.6 Å². The molecule has 1 aromatic heterocycles. The number of anilines is 1. The number of carbonyl (C=O) groups is 1. The second kappa shape index (κ2) is 10.4. The minimum atomic E-state index is 0.0407. The number of hydrogen-bond donors (Lipinski definition) is 3. The first-order chi connectivity index (χ1) is 13.0. The first-order valence-electron chi connectivity index (χ1n) is 9.35. The maximum Gasteiger partial charge on any atom is 0.224 e. The lowest BCUT2D eigenvalue weighted by molar-refractivity contribution is -0.116. The number of aliphatic imine (C=N–C) groups is 1. The van der Waals surface area contributed by atoms with Crippen molar-refractivity contribution in [1.82, 2.24) is 15.6 Å². The Balaban J connectivity index is 1.92. The van der Waals surface area contributed by atoms with Gasteiger partial charge >= 0.3 is 0 Å². The molecule has 1 heterocycles. The van der Waals surface area contributed by atoms with Crippen LogP contribution in [-0.2, 0) is 17.9 Å². The topological polar surface area (TPSA) is 91.5 Å². The average Bonchev–Trinajstić information content (AvgIpc) is 2.96. The number of guanidine groups is 1. The number of oxazole rings is 1. The van der Waals surface area contributed by atoms with Crippen LogP contribution in [0, 0.1) is 13.8 Å². The van der Waals surface area contributed by atoms with Crippen LogP contribution in [-0.4, -0.2) is 23.4 Å². The Hall–Kier alpha value is -2.83. The normalized spacial score (nSPS) is 11.3. The van der Waals surface area contributed by atoms with E-state index in [2.05, 4.69) is 25.9 Å². The summed E-state index contributed by atoms with van der Waals surface area (Å²) in [7, 11) is 0. The Bertz CT molecular complexity index is 746. The van der Waals surface area contributed by atoms with Gasteiger partial charge in [0.05, 0.1) is 18.8 Å². The molecule has 0 bridgehead atoms. The quantitative estimate of drug-likeness (QED) is 0.489. The number of rotatable bonds is 8. The molecule has 0 radical (unpaired) electrons. The molecule has 7 nitrogen and oxygen atoms in total. The third kappa shape index (κ3) is 6.77. The molecular weight excluding hydrogens is 342 g/mol. The highest BCUT2D eigenvalue weighted by Gasteiger charge is 2.06. The third-order valence-corrected chi connectivity index (χ3v) is 3.96. The lowest BCUT2D eigenvalue weighted by Gasteiger charge is -2.10.